The molecule has 3 aromatic rings. The second-order valence-electron chi connectivity index (χ2n) is 7.79. The standard InChI is InChI=1S/C25H21BrN2O4/c1-31-20-13-12-17(26)14-19(20)22-21-23(32-28(22)18-10-6-3-7-11-18)25(30)27(24(21)29)15-16-8-4-2-5-9-16/h2-14,21-23H,15H2,1H3/t21-,22-,23+/m0/s1. The highest BCUT2D eigenvalue weighted by Gasteiger charge is 2.60. The number of halogens is 1. The van der Waals surface area contributed by atoms with Crippen LogP contribution in [-0.4, -0.2) is 29.9 Å². The molecule has 2 saturated heterocycles. The van der Waals surface area contributed by atoms with Gasteiger partial charge >= 0.3 is 0 Å². The number of fused-ring (bicyclic) bond motifs is 1. The maximum absolute atomic E-state index is 13.6. The summed E-state index contributed by atoms with van der Waals surface area (Å²) in [6.07, 6.45) is -0.889. The summed E-state index contributed by atoms with van der Waals surface area (Å²) in [4.78, 5) is 34.4. The third kappa shape index (κ3) is 3.47. The van der Waals surface area contributed by atoms with Crippen LogP contribution in [0.5, 0.6) is 5.75 Å². The Labute approximate surface area is 194 Å². The number of hydroxylamine groups is 1. The van der Waals surface area contributed by atoms with Crippen LogP contribution in [0.25, 0.3) is 0 Å². The van der Waals surface area contributed by atoms with Crippen molar-refractivity contribution in [2.24, 2.45) is 5.92 Å². The van der Waals surface area contributed by atoms with Crippen molar-refractivity contribution in [1.29, 1.82) is 0 Å². The monoisotopic (exact) mass is 492 g/mol. The van der Waals surface area contributed by atoms with Gasteiger partial charge in [0.05, 0.1) is 25.4 Å². The summed E-state index contributed by atoms with van der Waals surface area (Å²) < 4.78 is 6.47. The van der Waals surface area contributed by atoms with E-state index in [2.05, 4.69) is 15.9 Å². The van der Waals surface area contributed by atoms with E-state index in [0.29, 0.717) is 5.75 Å². The Hall–Kier alpha value is -3.16. The zero-order chi connectivity index (χ0) is 22.2. The molecule has 0 bridgehead atoms. The maximum atomic E-state index is 13.6. The lowest BCUT2D eigenvalue weighted by Crippen LogP contribution is -2.37. The Balaban J connectivity index is 1.58. The molecular weight excluding hydrogens is 472 g/mol. The summed E-state index contributed by atoms with van der Waals surface area (Å²) >= 11 is 3.53. The number of para-hydroxylation sites is 1. The van der Waals surface area contributed by atoms with E-state index >= 15 is 0 Å². The van der Waals surface area contributed by atoms with Crippen molar-refractivity contribution in [2.75, 3.05) is 12.2 Å². The second kappa shape index (κ2) is 8.41. The molecule has 2 amide bonds. The summed E-state index contributed by atoms with van der Waals surface area (Å²) in [5.41, 5.74) is 2.44. The number of methoxy groups -OCH3 is 1. The van der Waals surface area contributed by atoms with Crippen LogP contribution >= 0.6 is 15.9 Å². The van der Waals surface area contributed by atoms with E-state index in [0.717, 1.165) is 21.3 Å². The van der Waals surface area contributed by atoms with E-state index in [-0.39, 0.29) is 18.4 Å². The van der Waals surface area contributed by atoms with Crippen molar-refractivity contribution in [1.82, 2.24) is 4.90 Å². The highest BCUT2D eigenvalue weighted by molar-refractivity contribution is 9.10. The fraction of sp³-hybridized carbons (Fsp3) is 0.200. The lowest BCUT2D eigenvalue weighted by molar-refractivity contribution is -0.143. The molecule has 7 heteroatoms. The van der Waals surface area contributed by atoms with Crippen molar-refractivity contribution in [3.8, 4) is 5.75 Å². The predicted molar refractivity (Wildman–Crippen MR) is 123 cm³/mol. The number of anilines is 1. The van der Waals surface area contributed by atoms with Crippen LogP contribution in [0, 0.1) is 5.92 Å². The van der Waals surface area contributed by atoms with Gasteiger partial charge in [-0.1, -0.05) is 64.5 Å². The Morgan fingerprint density at radius 3 is 2.31 bits per heavy atom. The number of ether oxygens (including phenoxy) is 1. The fourth-order valence-electron chi connectivity index (χ4n) is 4.44. The lowest BCUT2D eigenvalue weighted by Gasteiger charge is -2.29. The quantitative estimate of drug-likeness (QED) is 0.490. The van der Waals surface area contributed by atoms with Gasteiger partial charge in [0.15, 0.2) is 6.10 Å². The van der Waals surface area contributed by atoms with E-state index in [1.807, 2.05) is 78.9 Å². The van der Waals surface area contributed by atoms with E-state index < -0.39 is 18.1 Å². The molecule has 2 heterocycles. The zero-order valence-corrected chi connectivity index (χ0v) is 18.9. The van der Waals surface area contributed by atoms with Gasteiger partial charge in [0.1, 0.15) is 11.7 Å². The molecular formula is C25H21BrN2O4. The minimum atomic E-state index is -0.889. The number of imide groups is 1. The van der Waals surface area contributed by atoms with Gasteiger partial charge in [-0.15, -0.1) is 0 Å². The topological polar surface area (TPSA) is 59.1 Å². The van der Waals surface area contributed by atoms with Gasteiger partial charge in [-0.2, -0.15) is 0 Å². The summed E-state index contributed by atoms with van der Waals surface area (Å²) in [5, 5.41) is 1.68. The van der Waals surface area contributed by atoms with Gasteiger partial charge in [0.25, 0.3) is 5.91 Å². The van der Waals surface area contributed by atoms with Crippen LogP contribution < -0.4 is 9.80 Å². The molecule has 0 N–H and O–H groups in total. The van der Waals surface area contributed by atoms with Crippen LogP contribution in [0.1, 0.15) is 17.2 Å². The minimum Gasteiger partial charge on any atom is -0.496 e. The number of rotatable bonds is 5. The van der Waals surface area contributed by atoms with Crippen LogP contribution in [0.3, 0.4) is 0 Å². The number of hydrogen-bond acceptors (Lipinski definition) is 5. The molecule has 0 aliphatic carbocycles. The van der Waals surface area contributed by atoms with Crippen molar-refractivity contribution < 1.29 is 19.2 Å². The molecule has 2 aliphatic rings. The van der Waals surface area contributed by atoms with Crippen molar-refractivity contribution >= 4 is 33.4 Å². The second-order valence-corrected chi connectivity index (χ2v) is 8.71. The smallest absolute Gasteiger partial charge is 0.262 e. The Bertz CT molecular complexity index is 1160. The van der Waals surface area contributed by atoms with Crippen molar-refractivity contribution in [2.45, 2.75) is 18.7 Å². The molecule has 6 nitrogen and oxygen atoms in total. The van der Waals surface area contributed by atoms with Gasteiger partial charge < -0.3 is 4.74 Å². The number of carbonyl (C=O) groups is 2. The molecule has 0 radical (unpaired) electrons. The molecule has 0 aromatic heterocycles. The molecule has 0 spiro atoms. The van der Waals surface area contributed by atoms with Crippen LogP contribution in [-0.2, 0) is 21.0 Å². The zero-order valence-electron chi connectivity index (χ0n) is 17.4. The molecule has 0 unspecified atom stereocenters. The van der Waals surface area contributed by atoms with Gasteiger partial charge in [-0.3, -0.25) is 19.3 Å². The molecule has 0 saturated carbocycles. The molecule has 3 aromatic carbocycles. The van der Waals surface area contributed by atoms with Gasteiger partial charge in [-0.05, 0) is 35.9 Å². The third-order valence-electron chi connectivity index (χ3n) is 5.91. The fourth-order valence-corrected chi connectivity index (χ4v) is 4.82. The van der Waals surface area contributed by atoms with E-state index in [1.165, 1.54) is 4.90 Å². The van der Waals surface area contributed by atoms with Crippen LogP contribution in [0.2, 0.25) is 0 Å². The number of amides is 2. The minimum absolute atomic E-state index is 0.225. The predicted octanol–water partition coefficient (Wildman–Crippen LogP) is 4.50. The normalized spacial score (nSPS) is 22.4. The number of carbonyl (C=O) groups excluding carboxylic acids is 2. The Morgan fingerprint density at radius 2 is 1.62 bits per heavy atom. The summed E-state index contributed by atoms with van der Waals surface area (Å²) in [6.45, 7) is 0.225. The first-order valence-electron chi connectivity index (χ1n) is 10.3. The first-order chi connectivity index (χ1) is 15.6. The summed E-state index contributed by atoms with van der Waals surface area (Å²) in [6, 6.07) is 24.1. The van der Waals surface area contributed by atoms with Crippen molar-refractivity contribution in [3.05, 3.63) is 94.5 Å². The van der Waals surface area contributed by atoms with Gasteiger partial charge in [0, 0.05) is 10.0 Å². The molecule has 3 atom stereocenters. The number of hydrogen-bond donors (Lipinski definition) is 0. The lowest BCUT2D eigenvalue weighted by atomic mass is 9.90. The molecule has 2 fully saturated rings. The van der Waals surface area contributed by atoms with Crippen LogP contribution in [0.15, 0.2) is 83.3 Å². The number of likely N-dealkylation sites (tertiary alicyclic amines) is 1. The molecule has 32 heavy (non-hydrogen) atoms. The SMILES string of the molecule is COc1ccc(Br)cc1[C@H]1[C@@H]2C(=O)N(Cc3ccccc3)C(=O)[C@@H]2ON1c1ccccc1. The maximum Gasteiger partial charge on any atom is 0.262 e. The first-order valence-corrected chi connectivity index (χ1v) is 11.1. The van der Waals surface area contributed by atoms with Gasteiger partial charge in [-0.25, -0.2) is 5.06 Å². The first kappa shape index (κ1) is 20.7. The highest BCUT2D eigenvalue weighted by Crippen LogP contribution is 2.49. The third-order valence-corrected chi connectivity index (χ3v) is 6.40. The van der Waals surface area contributed by atoms with Crippen LogP contribution in [0.4, 0.5) is 5.69 Å². The average molecular weight is 493 g/mol. The molecule has 2 aliphatic heterocycles. The average Bonchev–Trinajstić information content (AvgIpc) is 3.32. The Morgan fingerprint density at radius 1 is 0.938 bits per heavy atom. The number of benzene rings is 3. The van der Waals surface area contributed by atoms with Crippen molar-refractivity contribution in [3.63, 3.8) is 0 Å². The summed E-state index contributed by atoms with van der Waals surface area (Å²) in [7, 11) is 1.59. The van der Waals surface area contributed by atoms with E-state index in [4.69, 9.17) is 9.57 Å². The Kier molecular flexibility index (Phi) is 5.45. The largest absolute Gasteiger partial charge is 0.496 e. The van der Waals surface area contributed by atoms with Gasteiger partial charge in [0.2, 0.25) is 5.91 Å². The van der Waals surface area contributed by atoms with E-state index in [1.54, 1.807) is 12.2 Å². The van der Waals surface area contributed by atoms with E-state index in [9.17, 15) is 9.59 Å². The summed E-state index contributed by atoms with van der Waals surface area (Å²) in [5.74, 6) is -0.615. The molecule has 162 valence electrons. The number of nitrogens with zero attached hydrogens (tertiary/aromatic N) is 2. The highest BCUT2D eigenvalue weighted by atomic mass is 79.9. The molecule has 5 rings (SSSR count).